The summed E-state index contributed by atoms with van der Waals surface area (Å²) in [5, 5.41) is 4.64. The van der Waals surface area contributed by atoms with Crippen LogP contribution in [0.25, 0.3) is 10.8 Å². The summed E-state index contributed by atoms with van der Waals surface area (Å²) in [6.45, 7) is -0.387. The molecule has 1 heterocycles. The van der Waals surface area contributed by atoms with Crippen molar-refractivity contribution in [1.82, 2.24) is 0 Å². The molecule has 25 heavy (non-hydrogen) atoms. The van der Waals surface area contributed by atoms with Crippen LogP contribution in [-0.4, -0.2) is 38.4 Å². The first-order valence-electron chi connectivity index (χ1n) is 8.06. The highest BCUT2D eigenvalue weighted by Crippen LogP contribution is 2.23. The molecule has 0 radical (unpaired) electrons. The fourth-order valence-electron chi connectivity index (χ4n) is 2.99. The average molecular weight is 361 g/mol. The van der Waals surface area contributed by atoms with Crippen molar-refractivity contribution in [2.24, 2.45) is 5.92 Å². The molecule has 1 amide bonds. The lowest BCUT2D eigenvalue weighted by Gasteiger charge is -2.10. The Balaban J connectivity index is 1.52. The molecule has 0 bridgehead atoms. The second-order valence-electron chi connectivity index (χ2n) is 6.21. The second kappa shape index (κ2) is 7.23. The Labute approximate surface area is 146 Å². The monoisotopic (exact) mass is 361 g/mol. The number of fused-ring (bicyclic) bond motifs is 1. The molecule has 1 N–H and O–H groups in total. The van der Waals surface area contributed by atoms with Crippen molar-refractivity contribution in [3.63, 3.8) is 0 Å². The maximum Gasteiger partial charge on any atom is 0.306 e. The Kier molecular flexibility index (Phi) is 5.03. The van der Waals surface area contributed by atoms with Gasteiger partial charge in [-0.15, -0.1) is 0 Å². The number of rotatable bonds is 5. The molecular formula is C18H19NO5S. The molecule has 0 aromatic heterocycles. The lowest BCUT2D eigenvalue weighted by atomic mass is 10.1. The third-order valence-electron chi connectivity index (χ3n) is 4.21. The zero-order chi connectivity index (χ0) is 17.9. The van der Waals surface area contributed by atoms with Crippen molar-refractivity contribution in [3.05, 3.63) is 42.5 Å². The highest BCUT2D eigenvalue weighted by atomic mass is 32.2. The zero-order valence-corrected chi connectivity index (χ0v) is 14.4. The lowest BCUT2D eigenvalue weighted by Crippen LogP contribution is -2.22. The van der Waals surface area contributed by atoms with Crippen LogP contribution in [0.3, 0.4) is 0 Å². The standard InChI is InChI=1S/C18H19NO5S/c20-17(11-24-18(21)10-13-8-9-25(22,23)12-13)19-16-7-3-5-14-4-1-2-6-15(14)16/h1-7,13H,8-12H2,(H,19,20)/t13-/m1/s1. The SMILES string of the molecule is O=C(COC(=O)C[C@H]1CCS(=O)(=O)C1)Nc1cccc2ccccc12. The van der Waals surface area contributed by atoms with Gasteiger partial charge in [0, 0.05) is 17.5 Å². The summed E-state index contributed by atoms with van der Waals surface area (Å²) in [5.74, 6) is -1.05. The summed E-state index contributed by atoms with van der Waals surface area (Å²) in [6, 6.07) is 13.2. The van der Waals surface area contributed by atoms with E-state index >= 15 is 0 Å². The molecule has 1 aliphatic heterocycles. The molecule has 2 aromatic rings. The fraction of sp³-hybridized carbons (Fsp3) is 0.333. The van der Waals surface area contributed by atoms with E-state index in [0.29, 0.717) is 12.1 Å². The van der Waals surface area contributed by atoms with E-state index < -0.39 is 21.7 Å². The molecule has 6 nitrogen and oxygen atoms in total. The molecule has 0 unspecified atom stereocenters. The Bertz CT molecular complexity index is 901. The third kappa shape index (κ3) is 4.57. The number of ether oxygens (including phenoxy) is 1. The Morgan fingerprint density at radius 2 is 1.88 bits per heavy atom. The minimum atomic E-state index is -3.02. The van der Waals surface area contributed by atoms with Crippen LogP contribution in [0.1, 0.15) is 12.8 Å². The predicted octanol–water partition coefficient (Wildman–Crippen LogP) is 2.15. The van der Waals surface area contributed by atoms with Gasteiger partial charge < -0.3 is 10.1 Å². The number of benzene rings is 2. The lowest BCUT2D eigenvalue weighted by molar-refractivity contribution is -0.148. The van der Waals surface area contributed by atoms with E-state index in [-0.39, 0.29) is 30.5 Å². The molecule has 1 saturated heterocycles. The zero-order valence-electron chi connectivity index (χ0n) is 13.6. The number of esters is 1. The van der Waals surface area contributed by atoms with Gasteiger partial charge in [-0.05, 0) is 23.8 Å². The molecule has 132 valence electrons. The van der Waals surface area contributed by atoms with Gasteiger partial charge in [-0.1, -0.05) is 36.4 Å². The molecule has 1 fully saturated rings. The van der Waals surface area contributed by atoms with Gasteiger partial charge in [-0.25, -0.2) is 8.42 Å². The van der Waals surface area contributed by atoms with Gasteiger partial charge in [0.15, 0.2) is 16.4 Å². The van der Waals surface area contributed by atoms with Crippen LogP contribution in [0, 0.1) is 5.92 Å². The van der Waals surface area contributed by atoms with Gasteiger partial charge in [-0.3, -0.25) is 9.59 Å². The van der Waals surface area contributed by atoms with Gasteiger partial charge in [0.1, 0.15) is 0 Å². The summed E-state index contributed by atoms with van der Waals surface area (Å²) in [5.41, 5.74) is 0.654. The highest BCUT2D eigenvalue weighted by Gasteiger charge is 2.29. The van der Waals surface area contributed by atoms with Crippen LogP contribution in [0.5, 0.6) is 0 Å². The molecule has 7 heteroatoms. The first-order valence-corrected chi connectivity index (χ1v) is 9.89. The highest BCUT2D eigenvalue weighted by molar-refractivity contribution is 7.91. The molecule has 1 aliphatic rings. The normalized spacial score (nSPS) is 18.8. The quantitative estimate of drug-likeness (QED) is 0.824. The van der Waals surface area contributed by atoms with Gasteiger partial charge in [0.25, 0.3) is 5.91 Å². The summed E-state index contributed by atoms with van der Waals surface area (Å²) in [6.07, 6.45) is 0.500. The average Bonchev–Trinajstić information content (AvgIpc) is 2.92. The van der Waals surface area contributed by atoms with Crippen molar-refractivity contribution in [3.8, 4) is 0 Å². The molecule has 3 rings (SSSR count). The van der Waals surface area contributed by atoms with Gasteiger partial charge in [-0.2, -0.15) is 0 Å². The largest absolute Gasteiger partial charge is 0.456 e. The van der Waals surface area contributed by atoms with E-state index in [2.05, 4.69) is 5.32 Å². The van der Waals surface area contributed by atoms with E-state index in [1.54, 1.807) is 6.07 Å². The van der Waals surface area contributed by atoms with E-state index in [0.717, 1.165) is 10.8 Å². The van der Waals surface area contributed by atoms with Crippen LogP contribution in [0.4, 0.5) is 5.69 Å². The topological polar surface area (TPSA) is 89.5 Å². The van der Waals surface area contributed by atoms with Crippen LogP contribution < -0.4 is 5.32 Å². The van der Waals surface area contributed by atoms with Gasteiger partial charge in [0.05, 0.1) is 11.5 Å². The maximum absolute atomic E-state index is 12.0. The van der Waals surface area contributed by atoms with Crippen molar-refractivity contribution in [1.29, 1.82) is 0 Å². The van der Waals surface area contributed by atoms with Crippen LogP contribution >= 0.6 is 0 Å². The minimum Gasteiger partial charge on any atom is -0.456 e. The van der Waals surface area contributed by atoms with Crippen LogP contribution in [0.15, 0.2) is 42.5 Å². The minimum absolute atomic E-state index is 0.0182. The summed E-state index contributed by atoms with van der Waals surface area (Å²) >= 11 is 0. The summed E-state index contributed by atoms with van der Waals surface area (Å²) in [4.78, 5) is 23.8. The predicted molar refractivity (Wildman–Crippen MR) is 94.9 cm³/mol. The Hall–Kier alpha value is -2.41. The summed E-state index contributed by atoms with van der Waals surface area (Å²) < 4.78 is 27.7. The number of hydrogen-bond donors (Lipinski definition) is 1. The molecule has 0 spiro atoms. The number of carbonyl (C=O) groups is 2. The Morgan fingerprint density at radius 3 is 2.64 bits per heavy atom. The Morgan fingerprint density at radius 1 is 1.12 bits per heavy atom. The van der Waals surface area contributed by atoms with E-state index in [1.807, 2.05) is 36.4 Å². The van der Waals surface area contributed by atoms with Crippen molar-refractivity contribution in [2.45, 2.75) is 12.8 Å². The number of nitrogens with one attached hydrogen (secondary N) is 1. The summed E-state index contributed by atoms with van der Waals surface area (Å²) in [7, 11) is -3.02. The molecule has 1 atom stereocenters. The molecule has 0 saturated carbocycles. The number of anilines is 1. The van der Waals surface area contributed by atoms with Crippen LogP contribution in [0.2, 0.25) is 0 Å². The first-order chi connectivity index (χ1) is 11.9. The van der Waals surface area contributed by atoms with E-state index in [4.69, 9.17) is 4.74 Å². The molecular weight excluding hydrogens is 342 g/mol. The fourth-order valence-corrected chi connectivity index (χ4v) is 4.86. The second-order valence-corrected chi connectivity index (χ2v) is 8.44. The van der Waals surface area contributed by atoms with E-state index in [9.17, 15) is 18.0 Å². The third-order valence-corrected chi connectivity index (χ3v) is 6.05. The molecule has 2 aromatic carbocycles. The van der Waals surface area contributed by atoms with E-state index in [1.165, 1.54) is 0 Å². The van der Waals surface area contributed by atoms with Crippen molar-refractivity contribution >= 4 is 38.2 Å². The van der Waals surface area contributed by atoms with Crippen LogP contribution in [-0.2, 0) is 24.2 Å². The first kappa shape index (κ1) is 17.4. The number of sulfone groups is 1. The number of amides is 1. The smallest absolute Gasteiger partial charge is 0.306 e. The maximum atomic E-state index is 12.0. The van der Waals surface area contributed by atoms with Crippen molar-refractivity contribution < 1.29 is 22.7 Å². The van der Waals surface area contributed by atoms with Gasteiger partial charge in [0.2, 0.25) is 0 Å². The number of hydrogen-bond acceptors (Lipinski definition) is 5. The number of carbonyl (C=O) groups excluding carboxylic acids is 2. The van der Waals surface area contributed by atoms with Crippen molar-refractivity contribution in [2.75, 3.05) is 23.4 Å². The van der Waals surface area contributed by atoms with Gasteiger partial charge >= 0.3 is 5.97 Å². The molecule has 0 aliphatic carbocycles.